The van der Waals surface area contributed by atoms with Gasteiger partial charge in [0.1, 0.15) is 5.75 Å². The zero-order valence-electron chi connectivity index (χ0n) is 7.41. The minimum atomic E-state index is -0.0255. The van der Waals surface area contributed by atoms with Crippen LogP contribution in [-0.2, 0) is 18.0 Å². The van der Waals surface area contributed by atoms with Gasteiger partial charge in [-0.3, -0.25) is 4.98 Å². The second-order valence-electron chi connectivity index (χ2n) is 2.95. The van der Waals surface area contributed by atoms with Crippen molar-refractivity contribution in [2.45, 2.75) is 20.1 Å². The quantitative estimate of drug-likeness (QED) is 0.694. The third-order valence-corrected chi connectivity index (χ3v) is 2.11. The first-order valence-electron chi connectivity index (χ1n) is 4.11. The maximum Gasteiger partial charge on any atom is 0.189 e. The Hall–Kier alpha value is -1.13. The topological polar surface area (TPSA) is 51.6 Å². The standard InChI is InChI=1S/C9H11NO3/c1-6-9-8(4-12-5-13-9)7(3-11)2-10-6/h2,11H,3-5H2,1H3. The van der Waals surface area contributed by atoms with E-state index in [1.807, 2.05) is 6.92 Å². The van der Waals surface area contributed by atoms with E-state index in [4.69, 9.17) is 14.6 Å². The molecular formula is C9H11NO3. The highest BCUT2D eigenvalue weighted by atomic mass is 16.7. The van der Waals surface area contributed by atoms with Crippen molar-refractivity contribution in [1.82, 2.24) is 4.98 Å². The van der Waals surface area contributed by atoms with Crippen molar-refractivity contribution >= 4 is 0 Å². The average Bonchev–Trinajstić information content (AvgIpc) is 2.19. The predicted molar refractivity (Wildman–Crippen MR) is 45.2 cm³/mol. The SMILES string of the molecule is Cc1ncc(CO)c2c1OCOC2. The summed E-state index contributed by atoms with van der Waals surface area (Å²) < 4.78 is 10.4. The number of rotatable bonds is 1. The van der Waals surface area contributed by atoms with E-state index in [0.29, 0.717) is 6.61 Å². The van der Waals surface area contributed by atoms with Crippen LogP contribution in [0.2, 0.25) is 0 Å². The summed E-state index contributed by atoms with van der Waals surface area (Å²) in [5.74, 6) is 0.762. The number of aromatic nitrogens is 1. The number of pyridine rings is 1. The van der Waals surface area contributed by atoms with Crippen LogP contribution in [0.25, 0.3) is 0 Å². The van der Waals surface area contributed by atoms with Crippen molar-refractivity contribution in [2.75, 3.05) is 6.79 Å². The molecule has 0 amide bonds. The lowest BCUT2D eigenvalue weighted by Crippen LogP contribution is -2.15. The van der Waals surface area contributed by atoms with Crippen LogP contribution < -0.4 is 4.74 Å². The summed E-state index contributed by atoms with van der Waals surface area (Å²) in [6.45, 7) is 2.62. The van der Waals surface area contributed by atoms with Crippen LogP contribution in [0.3, 0.4) is 0 Å². The molecular weight excluding hydrogens is 170 g/mol. The summed E-state index contributed by atoms with van der Waals surface area (Å²) in [6, 6.07) is 0. The first-order valence-corrected chi connectivity index (χ1v) is 4.11. The second kappa shape index (κ2) is 3.32. The molecule has 2 rings (SSSR count). The lowest BCUT2D eigenvalue weighted by molar-refractivity contribution is -0.0182. The van der Waals surface area contributed by atoms with Crippen LogP contribution in [0.5, 0.6) is 5.75 Å². The lowest BCUT2D eigenvalue weighted by atomic mass is 10.1. The minimum absolute atomic E-state index is 0.0255. The zero-order chi connectivity index (χ0) is 9.26. The molecule has 1 aliphatic rings. The molecule has 13 heavy (non-hydrogen) atoms. The van der Waals surface area contributed by atoms with Crippen LogP contribution in [0.15, 0.2) is 6.20 Å². The molecule has 0 bridgehead atoms. The van der Waals surface area contributed by atoms with E-state index in [9.17, 15) is 0 Å². The van der Waals surface area contributed by atoms with Crippen LogP contribution in [0, 0.1) is 6.92 Å². The molecule has 0 atom stereocenters. The summed E-state index contributed by atoms with van der Waals surface area (Å²) in [7, 11) is 0. The molecule has 4 heteroatoms. The van der Waals surface area contributed by atoms with Crippen LogP contribution in [0.4, 0.5) is 0 Å². The summed E-state index contributed by atoms with van der Waals surface area (Å²) in [5.41, 5.74) is 2.54. The molecule has 0 aliphatic carbocycles. The van der Waals surface area contributed by atoms with Gasteiger partial charge in [-0.2, -0.15) is 0 Å². The fraction of sp³-hybridized carbons (Fsp3) is 0.444. The van der Waals surface area contributed by atoms with Crippen molar-refractivity contribution in [3.05, 3.63) is 23.0 Å². The first kappa shape index (κ1) is 8.47. The zero-order valence-corrected chi connectivity index (χ0v) is 7.41. The fourth-order valence-electron chi connectivity index (χ4n) is 1.41. The van der Waals surface area contributed by atoms with Gasteiger partial charge in [0.2, 0.25) is 0 Å². The number of fused-ring (bicyclic) bond motifs is 1. The number of aliphatic hydroxyl groups is 1. The van der Waals surface area contributed by atoms with E-state index >= 15 is 0 Å². The van der Waals surface area contributed by atoms with Gasteiger partial charge in [-0.1, -0.05) is 0 Å². The largest absolute Gasteiger partial charge is 0.465 e. The van der Waals surface area contributed by atoms with Gasteiger partial charge in [0.05, 0.1) is 18.9 Å². The van der Waals surface area contributed by atoms with E-state index in [-0.39, 0.29) is 13.4 Å². The highest BCUT2D eigenvalue weighted by molar-refractivity contribution is 5.41. The van der Waals surface area contributed by atoms with Crippen LogP contribution in [-0.4, -0.2) is 16.9 Å². The minimum Gasteiger partial charge on any atom is -0.465 e. The van der Waals surface area contributed by atoms with E-state index in [1.165, 1.54) is 0 Å². The van der Waals surface area contributed by atoms with Crippen LogP contribution in [0.1, 0.15) is 16.8 Å². The van der Waals surface area contributed by atoms with Crippen molar-refractivity contribution in [3.63, 3.8) is 0 Å². The number of aliphatic hydroxyl groups excluding tert-OH is 1. The smallest absolute Gasteiger partial charge is 0.189 e. The molecule has 1 N–H and O–H groups in total. The number of nitrogens with zero attached hydrogens (tertiary/aromatic N) is 1. The summed E-state index contributed by atoms with van der Waals surface area (Å²) >= 11 is 0. The number of aryl methyl sites for hydroxylation is 1. The Labute approximate surface area is 76.1 Å². The summed E-state index contributed by atoms with van der Waals surface area (Å²) in [6.07, 6.45) is 1.66. The van der Waals surface area contributed by atoms with Crippen molar-refractivity contribution in [1.29, 1.82) is 0 Å². The van der Waals surface area contributed by atoms with Crippen molar-refractivity contribution < 1.29 is 14.6 Å². The Kier molecular flexibility index (Phi) is 2.16. The Morgan fingerprint density at radius 2 is 2.46 bits per heavy atom. The van der Waals surface area contributed by atoms with E-state index < -0.39 is 0 Å². The summed E-state index contributed by atoms with van der Waals surface area (Å²) in [5, 5.41) is 9.03. The number of ether oxygens (including phenoxy) is 2. The molecule has 0 saturated carbocycles. The van der Waals surface area contributed by atoms with Gasteiger partial charge in [-0.15, -0.1) is 0 Å². The molecule has 0 aromatic carbocycles. The Bertz CT molecular complexity index is 325. The number of hydrogen-bond acceptors (Lipinski definition) is 4. The molecule has 1 aromatic heterocycles. The van der Waals surface area contributed by atoms with Gasteiger partial charge in [-0.05, 0) is 6.92 Å². The number of hydrogen-bond donors (Lipinski definition) is 1. The van der Waals surface area contributed by atoms with E-state index in [1.54, 1.807) is 6.20 Å². The third kappa shape index (κ3) is 1.38. The van der Waals surface area contributed by atoms with Crippen molar-refractivity contribution in [2.24, 2.45) is 0 Å². The highest BCUT2D eigenvalue weighted by Gasteiger charge is 2.17. The van der Waals surface area contributed by atoms with Crippen LogP contribution >= 0.6 is 0 Å². The van der Waals surface area contributed by atoms with E-state index in [2.05, 4.69) is 4.98 Å². The monoisotopic (exact) mass is 181 g/mol. The maximum absolute atomic E-state index is 9.03. The lowest BCUT2D eigenvalue weighted by Gasteiger charge is -2.20. The molecule has 0 spiro atoms. The normalized spacial score (nSPS) is 14.9. The van der Waals surface area contributed by atoms with Gasteiger partial charge >= 0.3 is 0 Å². The van der Waals surface area contributed by atoms with Gasteiger partial charge in [0, 0.05) is 17.3 Å². The molecule has 1 aromatic rings. The van der Waals surface area contributed by atoms with Gasteiger partial charge < -0.3 is 14.6 Å². The van der Waals surface area contributed by atoms with Gasteiger partial charge in [0.25, 0.3) is 0 Å². The Morgan fingerprint density at radius 1 is 1.62 bits per heavy atom. The van der Waals surface area contributed by atoms with Crippen molar-refractivity contribution in [3.8, 4) is 5.75 Å². The average molecular weight is 181 g/mol. The fourth-order valence-corrected chi connectivity index (χ4v) is 1.41. The molecule has 0 fully saturated rings. The molecule has 2 heterocycles. The molecule has 1 aliphatic heterocycles. The van der Waals surface area contributed by atoms with E-state index in [0.717, 1.165) is 22.6 Å². The Morgan fingerprint density at radius 3 is 3.23 bits per heavy atom. The maximum atomic E-state index is 9.03. The predicted octanol–water partition coefficient (Wildman–Crippen LogP) is 0.749. The molecule has 70 valence electrons. The first-order chi connectivity index (χ1) is 6.33. The summed E-state index contributed by atoms with van der Waals surface area (Å²) in [4.78, 5) is 4.12. The third-order valence-electron chi connectivity index (χ3n) is 2.11. The Balaban J connectivity index is 2.52. The van der Waals surface area contributed by atoms with Gasteiger partial charge in [-0.25, -0.2) is 0 Å². The molecule has 0 saturated heterocycles. The molecule has 0 radical (unpaired) electrons. The molecule has 4 nitrogen and oxygen atoms in total. The second-order valence-corrected chi connectivity index (χ2v) is 2.95. The van der Waals surface area contributed by atoms with Gasteiger partial charge in [0.15, 0.2) is 6.79 Å². The molecule has 0 unspecified atom stereocenters. The highest BCUT2D eigenvalue weighted by Crippen LogP contribution is 2.28.